The predicted octanol–water partition coefficient (Wildman–Crippen LogP) is 3.49. The van der Waals surface area contributed by atoms with Crippen molar-refractivity contribution in [1.29, 1.82) is 0 Å². The molecule has 7 nitrogen and oxygen atoms in total. The summed E-state index contributed by atoms with van der Waals surface area (Å²) in [7, 11) is 1.42. The second-order valence-electron chi connectivity index (χ2n) is 4.64. The Labute approximate surface area is 141 Å². The molecular formula is C14H15N3O4S2. The highest BCUT2D eigenvalue weighted by molar-refractivity contribution is 8.02. The summed E-state index contributed by atoms with van der Waals surface area (Å²) in [6, 6.07) is 4.29. The molecule has 1 aromatic heterocycles. The first-order valence-electron chi connectivity index (χ1n) is 6.62. The zero-order valence-electron chi connectivity index (χ0n) is 12.7. The topological polar surface area (TPSA) is 94.4 Å². The van der Waals surface area contributed by atoms with E-state index < -0.39 is 10.2 Å². The Morgan fingerprint density at radius 3 is 2.83 bits per heavy atom. The van der Waals surface area contributed by atoms with Crippen molar-refractivity contribution >= 4 is 40.4 Å². The summed E-state index contributed by atoms with van der Waals surface area (Å²) in [4.78, 5) is 27.1. The fourth-order valence-corrected chi connectivity index (χ4v) is 3.71. The van der Waals surface area contributed by atoms with Crippen LogP contribution in [-0.2, 0) is 4.79 Å². The largest absolute Gasteiger partial charge is 0.496 e. The Morgan fingerprint density at radius 2 is 2.26 bits per heavy atom. The van der Waals surface area contributed by atoms with Gasteiger partial charge in [-0.05, 0) is 26.0 Å². The van der Waals surface area contributed by atoms with E-state index in [4.69, 9.17) is 4.74 Å². The third-order valence-corrected chi connectivity index (χ3v) is 5.09. The molecule has 0 radical (unpaired) electrons. The molecule has 0 spiro atoms. The number of hydrogen-bond donors (Lipinski definition) is 1. The fraction of sp³-hybridized carbons (Fsp3) is 0.286. The number of nitro groups is 1. The first-order valence-corrected chi connectivity index (χ1v) is 8.38. The van der Waals surface area contributed by atoms with Crippen molar-refractivity contribution in [1.82, 2.24) is 4.98 Å². The number of nitro benzene ring substituents is 1. The smallest absolute Gasteiger partial charge is 0.296 e. The number of carbonyl (C=O) groups is 1. The number of rotatable bonds is 6. The molecule has 0 saturated carbocycles. The number of ether oxygens (including phenoxy) is 1. The number of aromatic nitrogens is 1. The molecule has 0 unspecified atom stereocenters. The van der Waals surface area contributed by atoms with Gasteiger partial charge in [0.2, 0.25) is 5.91 Å². The molecule has 1 aromatic carbocycles. The van der Waals surface area contributed by atoms with Gasteiger partial charge < -0.3 is 10.1 Å². The van der Waals surface area contributed by atoms with Crippen molar-refractivity contribution in [2.45, 2.75) is 23.4 Å². The number of methoxy groups -OCH3 is 1. The van der Waals surface area contributed by atoms with Crippen LogP contribution in [0.25, 0.3) is 0 Å². The molecule has 2 aromatic rings. The Bertz CT molecular complexity index is 733. The van der Waals surface area contributed by atoms with Crippen molar-refractivity contribution in [3.05, 3.63) is 39.4 Å². The number of benzene rings is 1. The molecule has 0 bridgehead atoms. The van der Waals surface area contributed by atoms with Gasteiger partial charge in [0.15, 0.2) is 4.34 Å². The van der Waals surface area contributed by atoms with Crippen LogP contribution in [-0.4, -0.2) is 28.2 Å². The number of carbonyl (C=O) groups excluding carboxylic acids is 1. The zero-order chi connectivity index (χ0) is 17.0. The highest BCUT2D eigenvalue weighted by atomic mass is 32.2. The Balaban J connectivity index is 2.11. The van der Waals surface area contributed by atoms with Gasteiger partial charge in [0.25, 0.3) is 5.69 Å². The first-order chi connectivity index (χ1) is 10.9. The van der Waals surface area contributed by atoms with Gasteiger partial charge in [-0.3, -0.25) is 14.9 Å². The lowest BCUT2D eigenvalue weighted by Crippen LogP contribution is -2.22. The molecule has 1 N–H and O–H groups in total. The molecular weight excluding hydrogens is 338 g/mol. The molecule has 0 fully saturated rings. The normalized spacial score (nSPS) is 11.8. The molecule has 1 heterocycles. The first kappa shape index (κ1) is 17.2. The maximum absolute atomic E-state index is 12.2. The number of thiazole rings is 1. The molecule has 1 atom stereocenters. The second-order valence-corrected chi connectivity index (χ2v) is 7.09. The minimum Gasteiger partial charge on any atom is -0.496 e. The average Bonchev–Trinajstić information content (AvgIpc) is 2.92. The molecule has 0 aliphatic carbocycles. The number of nitrogens with one attached hydrogen (secondary N) is 1. The van der Waals surface area contributed by atoms with Crippen LogP contribution in [0.4, 0.5) is 11.4 Å². The summed E-state index contributed by atoms with van der Waals surface area (Å²) in [6.45, 7) is 3.61. The van der Waals surface area contributed by atoms with Crippen LogP contribution < -0.4 is 10.1 Å². The van der Waals surface area contributed by atoms with Gasteiger partial charge in [-0.2, -0.15) is 0 Å². The van der Waals surface area contributed by atoms with Crippen molar-refractivity contribution < 1.29 is 14.5 Å². The van der Waals surface area contributed by atoms with E-state index in [2.05, 4.69) is 10.3 Å². The summed E-state index contributed by atoms with van der Waals surface area (Å²) in [5.74, 6) is 0.0338. The van der Waals surface area contributed by atoms with Gasteiger partial charge in [-0.15, -0.1) is 11.3 Å². The summed E-state index contributed by atoms with van der Waals surface area (Å²) in [6.07, 6.45) is 0. The number of aryl methyl sites for hydroxylation is 1. The van der Waals surface area contributed by atoms with Gasteiger partial charge in [-0.1, -0.05) is 11.8 Å². The van der Waals surface area contributed by atoms with E-state index in [0.717, 1.165) is 10.0 Å². The lowest BCUT2D eigenvalue weighted by Gasteiger charge is -2.11. The second kappa shape index (κ2) is 7.42. The standard InChI is InChI=1S/C14H15N3O4S2/c1-8-7-22-14(15-8)23-9(2)13(18)16-11-5-4-10(21-3)6-12(11)17(19)20/h4-7,9H,1-3H3,(H,16,18)/t9-/m0/s1. The van der Waals surface area contributed by atoms with Gasteiger partial charge in [0.05, 0.1) is 23.3 Å². The quantitative estimate of drug-likeness (QED) is 0.485. The molecule has 9 heteroatoms. The van der Waals surface area contributed by atoms with Gasteiger partial charge in [0.1, 0.15) is 11.4 Å². The molecule has 0 saturated heterocycles. The maximum Gasteiger partial charge on any atom is 0.296 e. The van der Waals surface area contributed by atoms with Crippen LogP contribution in [0.15, 0.2) is 27.9 Å². The Hall–Kier alpha value is -2.13. The lowest BCUT2D eigenvalue weighted by atomic mass is 10.2. The van der Waals surface area contributed by atoms with Crippen LogP contribution in [0.3, 0.4) is 0 Å². The van der Waals surface area contributed by atoms with Crippen molar-refractivity contribution in [3.63, 3.8) is 0 Å². The van der Waals surface area contributed by atoms with E-state index in [9.17, 15) is 14.9 Å². The van der Waals surface area contributed by atoms with E-state index in [1.807, 2.05) is 12.3 Å². The minimum absolute atomic E-state index is 0.142. The van der Waals surface area contributed by atoms with Crippen LogP contribution >= 0.6 is 23.1 Å². The van der Waals surface area contributed by atoms with Gasteiger partial charge >= 0.3 is 0 Å². The SMILES string of the molecule is COc1ccc(NC(=O)[C@H](C)Sc2nc(C)cs2)c([N+](=O)[O-])c1. The molecule has 0 aliphatic rings. The third kappa shape index (κ3) is 4.42. The minimum atomic E-state index is -0.555. The number of hydrogen-bond acceptors (Lipinski definition) is 7. The lowest BCUT2D eigenvalue weighted by molar-refractivity contribution is -0.384. The molecule has 1 amide bonds. The summed E-state index contributed by atoms with van der Waals surface area (Å²) < 4.78 is 5.75. The fourth-order valence-electron chi connectivity index (χ4n) is 1.72. The number of nitrogens with zero attached hydrogens (tertiary/aromatic N) is 2. The van der Waals surface area contributed by atoms with Crippen LogP contribution in [0.1, 0.15) is 12.6 Å². The molecule has 2 rings (SSSR count). The van der Waals surface area contributed by atoms with E-state index in [0.29, 0.717) is 5.75 Å². The van der Waals surface area contributed by atoms with E-state index >= 15 is 0 Å². The predicted molar refractivity (Wildman–Crippen MR) is 90.4 cm³/mol. The van der Waals surface area contributed by atoms with Crippen LogP contribution in [0.5, 0.6) is 5.75 Å². The Morgan fingerprint density at radius 1 is 1.52 bits per heavy atom. The van der Waals surface area contributed by atoms with E-state index in [1.165, 1.54) is 42.3 Å². The van der Waals surface area contributed by atoms with E-state index in [1.54, 1.807) is 13.0 Å². The zero-order valence-corrected chi connectivity index (χ0v) is 14.4. The van der Waals surface area contributed by atoms with Crippen molar-refractivity contribution in [2.75, 3.05) is 12.4 Å². The highest BCUT2D eigenvalue weighted by Crippen LogP contribution is 2.31. The summed E-state index contributed by atoms with van der Waals surface area (Å²) in [5.41, 5.74) is 0.833. The molecule has 0 aliphatic heterocycles. The van der Waals surface area contributed by atoms with Crippen molar-refractivity contribution in [2.24, 2.45) is 0 Å². The number of amides is 1. The van der Waals surface area contributed by atoms with Crippen LogP contribution in [0.2, 0.25) is 0 Å². The Kier molecular flexibility index (Phi) is 5.56. The van der Waals surface area contributed by atoms with Gasteiger partial charge in [0, 0.05) is 11.1 Å². The summed E-state index contributed by atoms with van der Waals surface area (Å²) >= 11 is 2.78. The monoisotopic (exact) mass is 353 g/mol. The number of thioether (sulfide) groups is 1. The third-order valence-electron chi connectivity index (χ3n) is 2.90. The number of anilines is 1. The van der Waals surface area contributed by atoms with Crippen LogP contribution in [0, 0.1) is 17.0 Å². The summed E-state index contributed by atoms with van der Waals surface area (Å²) in [5, 5.41) is 15.2. The molecule has 23 heavy (non-hydrogen) atoms. The average molecular weight is 353 g/mol. The highest BCUT2D eigenvalue weighted by Gasteiger charge is 2.21. The molecule has 122 valence electrons. The van der Waals surface area contributed by atoms with E-state index in [-0.39, 0.29) is 17.3 Å². The maximum atomic E-state index is 12.2. The van der Waals surface area contributed by atoms with Gasteiger partial charge in [-0.25, -0.2) is 4.98 Å². The van der Waals surface area contributed by atoms with Crippen molar-refractivity contribution in [3.8, 4) is 5.75 Å².